The van der Waals surface area contributed by atoms with Crippen molar-refractivity contribution < 1.29 is 14.3 Å². The number of nitrogens with one attached hydrogen (secondary N) is 1. The van der Waals surface area contributed by atoms with Gasteiger partial charge in [0.1, 0.15) is 0 Å². The predicted octanol–water partition coefficient (Wildman–Crippen LogP) is 3.34. The zero-order valence-corrected chi connectivity index (χ0v) is 16.3. The average molecular weight is 360 g/mol. The van der Waals surface area contributed by atoms with Crippen molar-refractivity contribution in [1.29, 1.82) is 0 Å². The normalized spacial score (nSPS) is 19.6. The van der Waals surface area contributed by atoms with Crippen LogP contribution in [0.4, 0.5) is 0 Å². The van der Waals surface area contributed by atoms with E-state index in [9.17, 15) is 4.79 Å². The number of hydrogen-bond acceptors (Lipinski definition) is 4. The van der Waals surface area contributed by atoms with Crippen LogP contribution in [0.25, 0.3) is 0 Å². The summed E-state index contributed by atoms with van der Waals surface area (Å²) in [5.74, 6) is 1.87. The van der Waals surface area contributed by atoms with Crippen LogP contribution in [0.15, 0.2) is 18.2 Å². The lowest BCUT2D eigenvalue weighted by atomic mass is 9.71. The van der Waals surface area contributed by atoms with Gasteiger partial charge in [-0.15, -0.1) is 0 Å². The summed E-state index contributed by atoms with van der Waals surface area (Å²) in [5.41, 5.74) is 1.13. The van der Waals surface area contributed by atoms with Crippen molar-refractivity contribution in [3.63, 3.8) is 0 Å². The van der Waals surface area contributed by atoms with E-state index in [0.29, 0.717) is 35.0 Å². The van der Waals surface area contributed by atoms with Gasteiger partial charge in [-0.05, 0) is 68.3 Å². The van der Waals surface area contributed by atoms with Crippen LogP contribution in [0.5, 0.6) is 11.5 Å². The molecule has 2 fully saturated rings. The average Bonchev–Trinajstić information content (AvgIpc) is 2.67. The molecule has 3 rings (SSSR count). The number of rotatable bonds is 5. The molecule has 5 nitrogen and oxygen atoms in total. The van der Waals surface area contributed by atoms with E-state index in [0.717, 1.165) is 39.0 Å². The fourth-order valence-corrected chi connectivity index (χ4v) is 4.00. The number of nitrogens with zero attached hydrogens (tertiary/aromatic N) is 1. The Bertz CT molecular complexity index is 614. The third kappa shape index (κ3) is 4.32. The minimum absolute atomic E-state index is 0.0995. The molecule has 1 spiro atoms. The molecule has 0 atom stereocenters. The van der Waals surface area contributed by atoms with Gasteiger partial charge < -0.3 is 19.7 Å². The summed E-state index contributed by atoms with van der Waals surface area (Å²) in [5, 5.41) is 3.44. The maximum Gasteiger partial charge on any atom is 0.253 e. The molecule has 0 radical (unpaired) electrons. The molecule has 2 aliphatic heterocycles. The van der Waals surface area contributed by atoms with Gasteiger partial charge in [0, 0.05) is 18.7 Å². The molecule has 1 N–H and O–H groups in total. The second-order valence-corrected chi connectivity index (χ2v) is 8.11. The van der Waals surface area contributed by atoms with Gasteiger partial charge in [0.25, 0.3) is 5.91 Å². The number of amides is 1. The highest BCUT2D eigenvalue weighted by Crippen LogP contribution is 2.40. The van der Waals surface area contributed by atoms with Gasteiger partial charge in [-0.1, -0.05) is 13.8 Å². The number of carbonyl (C=O) groups excluding carboxylic acids is 1. The smallest absolute Gasteiger partial charge is 0.253 e. The Morgan fingerprint density at radius 2 is 1.85 bits per heavy atom. The van der Waals surface area contributed by atoms with Crippen molar-refractivity contribution >= 4 is 5.91 Å². The van der Waals surface area contributed by atoms with Crippen molar-refractivity contribution in [2.24, 2.45) is 11.3 Å². The minimum atomic E-state index is 0.0995. The number of methoxy groups -OCH3 is 1. The SMILES string of the molecule is COc1cc(C(=O)N2CCC3(CCNCC3)CC2)ccc1OCC(C)C. The maximum absolute atomic E-state index is 12.9. The third-order valence-corrected chi connectivity index (χ3v) is 5.76. The summed E-state index contributed by atoms with van der Waals surface area (Å²) >= 11 is 0. The van der Waals surface area contributed by atoms with E-state index in [1.807, 2.05) is 23.1 Å². The van der Waals surface area contributed by atoms with Crippen LogP contribution < -0.4 is 14.8 Å². The zero-order valence-electron chi connectivity index (χ0n) is 16.3. The maximum atomic E-state index is 12.9. The molecule has 2 aliphatic rings. The number of piperidine rings is 2. The van der Waals surface area contributed by atoms with E-state index in [4.69, 9.17) is 9.47 Å². The third-order valence-electron chi connectivity index (χ3n) is 5.76. The molecule has 0 aromatic heterocycles. The van der Waals surface area contributed by atoms with E-state index in [1.165, 1.54) is 12.8 Å². The van der Waals surface area contributed by atoms with Crippen molar-refractivity contribution in [2.45, 2.75) is 39.5 Å². The van der Waals surface area contributed by atoms with E-state index in [2.05, 4.69) is 19.2 Å². The Balaban J connectivity index is 1.64. The fraction of sp³-hybridized carbons (Fsp3) is 0.667. The summed E-state index contributed by atoms with van der Waals surface area (Å²) in [4.78, 5) is 14.9. The molecule has 2 heterocycles. The molecule has 2 saturated heterocycles. The van der Waals surface area contributed by atoms with E-state index >= 15 is 0 Å². The van der Waals surface area contributed by atoms with E-state index in [1.54, 1.807) is 7.11 Å². The first-order valence-corrected chi connectivity index (χ1v) is 9.84. The highest BCUT2D eigenvalue weighted by atomic mass is 16.5. The van der Waals surface area contributed by atoms with Crippen LogP contribution >= 0.6 is 0 Å². The molecular formula is C21H32N2O3. The van der Waals surface area contributed by atoms with Crippen LogP contribution in [-0.4, -0.2) is 50.7 Å². The van der Waals surface area contributed by atoms with Gasteiger partial charge in [0.15, 0.2) is 11.5 Å². The highest BCUT2D eigenvalue weighted by Gasteiger charge is 2.36. The van der Waals surface area contributed by atoms with Crippen molar-refractivity contribution in [1.82, 2.24) is 10.2 Å². The number of carbonyl (C=O) groups is 1. The number of likely N-dealkylation sites (tertiary alicyclic amines) is 1. The first-order valence-electron chi connectivity index (χ1n) is 9.84. The molecule has 1 aromatic carbocycles. The van der Waals surface area contributed by atoms with Gasteiger partial charge in [0.2, 0.25) is 0 Å². The fourth-order valence-electron chi connectivity index (χ4n) is 4.00. The van der Waals surface area contributed by atoms with E-state index < -0.39 is 0 Å². The molecule has 144 valence electrons. The summed E-state index contributed by atoms with van der Waals surface area (Å²) in [6, 6.07) is 5.52. The molecule has 1 aromatic rings. The minimum Gasteiger partial charge on any atom is -0.493 e. The number of ether oxygens (including phenoxy) is 2. The van der Waals surface area contributed by atoms with Crippen molar-refractivity contribution in [3.8, 4) is 11.5 Å². The zero-order chi connectivity index (χ0) is 18.6. The van der Waals surface area contributed by atoms with E-state index in [-0.39, 0.29) is 5.91 Å². The largest absolute Gasteiger partial charge is 0.493 e. The van der Waals surface area contributed by atoms with Crippen LogP contribution in [0.1, 0.15) is 49.9 Å². The first-order chi connectivity index (χ1) is 12.5. The molecule has 26 heavy (non-hydrogen) atoms. The number of benzene rings is 1. The Hall–Kier alpha value is -1.75. The summed E-state index contributed by atoms with van der Waals surface area (Å²) < 4.78 is 11.2. The summed E-state index contributed by atoms with van der Waals surface area (Å²) in [7, 11) is 1.62. The first kappa shape index (κ1) is 19.0. The summed E-state index contributed by atoms with van der Waals surface area (Å²) in [6.45, 7) is 8.78. The Morgan fingerprint density at radius 1 is 1.15 bits per heavy atom. The van der Waals surface area contributed by atoms with Crippen LogP contribution in [0, 0.1) is 11.3 Å². The van der Waals surface area contributed by atoms with Crippen LogP contribution in [0.2, 0.25) is 0 Å². The molecule has 0 unspecified atom stereocenters. The topological polar surface area (TPSA) is 50.8 Å². The monoisotopic (exact) mass is 360 g/mol. The van der Waals surface area contributed by atoms with Gasteiger partial charge in [0.05, 0.1) is 13.7 Å². The molecule has 0 saturated carbocycles. The molecule has 0 bridgehead atoms. The lowest BCUT2D eigenvalue weighted by Gasteiger charge is -2.44. The van der Waals surface area contributed by atoms with Crippen molar-refractivity contribution in [3.05, 3.63) is 23.8 Å². The Kier molecular flexibility index (Phi) is 6.07. The standard InChI is InChI=1S/C21H32N2O3/c1-16(2)15-26-18-5-4-17(14-19(18)25-3)20(24)23-12-8-21(9-13-23)6-10-22-11-7-21/h4-5,14,16,22H,6-13,15H2,1-3H3. The van der Waals surface area contributed by atoms with Gasteiger partial charge in [-0.25, -0.2) is 0 Å². The number of hydrogen-bond donors (Lipinski definition) is 1. The Labute approximate surface area is 157 Å². The second-order valence-electron chi connectivity index (χ2n) is 8.11. The van der Waals surface area contributed by atoms with Crippen LogP contribution in [-0.2, 0) is 0 Å². The lowest BCUT2D eigenvalue weighted by molar-refractivity contribution is 0.0495. The molecular weight excluding hydrogens is 328 g/mol. The van der Waals surface area contributed by atoms with Crippen molar-refractivity contribution in [2.75, 3.05) is 39.9 Å². The van der Waals surface area contributed by atoms with Gasteiger partial charge in [-0.2, -0.15) is 0 Å². The molecule has 0 aliphatic carbocycles. The van der Waals surface area contributed by atoms with Gasteiger partial charge >= 0.3 is 0 Å². The second kappa shape index (κ2) is 8.30. The predicted molar refractivity (Wildman–Crippen MR) is 103 cm³/mol. The summed E-state index contributed by atoms with van der Waals surface area (Å²) in [6.07, 6.45) is 4.72. The lowest BCUT2D eigenvalue weighted by Crippen LogP contribution is -2.47. The van der Waals surface area contributed by atoms with Crippen LogP contribution in [0.3, 0.4) is 0 Å². The molecule has 1 amide bonds. The van der Waals surface area contributed by atoms with Gasteiger partial charge in [-0.3, -0.25) is 4.79 Å². The highest BCUT2D eigenvalue weighted by molar-refractivity contribution is 5.95. The quantitative estimate of drug-likeness (QED) is 0.875. The molecule has 5 heteroatoms. The Morgan fingerprint density at radius 3 is 2.46 bits per heavy atom.